The number of hydrogen-bond donors (Lipinski definition) is 1. The van der Waals surface area contributed by atoms with Gasteiger partial charge in [-0.05, 0) is 26.0 Å². The Morgan fingerprint density at radius 3 is 3.00 bits per heavy atom. The summed E-state index contributed by atoms with van der Waals surface area (Å²) in [6.07, 6.45) is 1.01. The van der Waals surface area contributed by atoms with E-state index in [1.807, 2.05) is 19.1 Å². The van der Waals surface area contributed by atoms with Crippen LogP contribution in [0.3, 0.4) is 0 Å². The smallest absolute Gasteiger partial charge is 0.128 e. The first kappa shape index (κ1) is 12.5. The molecule has 1 aromatic carbocycles. The summed E-state index contributed by atoms with van der Waals surface area (Å²) in [6, 6.07) is 5.39. The molecular weight excluding hydrogens is 217 g/mol. The van der Waals surface area contributed by atoms with Crippen LogP contribution in [-0.2, 0) is 4.74 Å². The van der Waals surface area contributed by atoms with E-state index < -0.39 is 0 Å². The maximum atomic E-state index is 13.9. The van der Waals surface area contributed by atoms with Crippen molar-refractivity contribution >= 4 is 0 Å². The van der Waals surface area contributed by atoms with E-state index in [4.69, 9.17) is 4.74 Å². The predicted octanol–water partition coefficient (Wildman–Crippen LogP) is 2.82. The highest BCUT2D eigenvalue weighted by atomic mass is 19.1. The first-order chi connectivity index (χ1) is 8.22. The Morgan fingerprint density at radius 2 is 2.35 bits per heavy atom. The monoisotopic (exact) mass is 237 g/mol. The number of benzene rings is 1. The zero-order chi connectivity index (χ0) is 12.3. The molecule has 1 fully saturated rings. The molecule has 1 aromatic rings. The van der Waals surface area contributed by atoms with Crippen molar-refractivity contribution in [2.24, 2.45) is 5.92 Å². The van der Waals surface area contributed by atoms with Gasteiger partial charge in [-0.3, -0.25) is 0 Å². The molecule has 17 heavy (non-hydrogen) atoms. The van der Waals surface area contributed by atoms with Crippen molar-refractivity contribution in [2.75, 3.05) is 19.8 Å². The van der Waals surface area contributed by atoms with Crippen LogP contribution >= 0.6 is 0 Å². The van der Waals surface area contributed by atoms with E-state index in [1.54, 1.807) is 6.07 Å². The van der Waals surface area contributed by atoms with Gasteiger partial charge in [0, 0.05) is 24.1 Å². The van der Waals surface area contributed by atoms with Crippen molar-refractivity contribution in [3.05, 3.63) is 35.1 Å². The number of hydrogen-bond acceptors (Lipinski definition) is 2. The highest BCUT2D eigenvalue weighted by Crippen LogP contribution is 2.30. The van der Waals surface area contributed by atoms with Crippen LogP contribution in [0.1, 0.15) is 30.5 Å². The van der Waals surface area contributed by atoms with E-state index >= 15 is 0 Å². The summed E-state index contributed by atoms with van der Waals surface area (Å²) in [6.45, 7) is 6.41. The van der Waals surface area contributed by atoms with Gasteiger partial charge in [-0.2, -0.15) is 0 Å². The second-order valence-electron chi connectivity index (χ2n) is 4.68. The number of rotatable bonds is 4. The Hall–Kier alpha value is -0.930. The maximum absolute atomic E-state index is 13.9. The molecule has 1 heterocycles. The van der Waals surface area contributed by atoms with Crippen molar-refractivity contribution in [1.82, 2.24) is 5.32 Å². The summed E-state index contributed by atoms with van der Waals surface area (Å²) in [7, 11) is 0. The molecule has 0 saturated carbocycles. The standard InChI is InChI=1S/C14H20FNO/c1-3-16-14(11-6-7-17-9-11)12-8-10(2)4-5-13(12)15/h4-5,8,11,14,16H,3,6-7,9H2,1-2H3. The van der Waals surface area contributed by atoms with E-state index in [0.717, 1.165) is 37.3 Å². The molecule has 2 nitrogen and oxygen atoms in total. The van der Waals surface area contributed by atoms with Crippen molar-refractivity contribution < 1.29 is 9.13 Å². The van der Waals surface area contributed by atoms with E-state index in [-0.39, 0.29) is 11.9 Å². The van der Waals surface area contributed by atoms with Crippen molar-refractivity contribution in [2.45, 2.75) is 26.3 Å². The number of aryl methyl sites for hydroxylation is 1. The van der Waals surface area contributed by atoms with Gasteiger partial charge in [0.2, 0.25) is 0 Å². The van der Waals surface area contributed by atoms with Gasteiger partial charge in [0.25, 0.3) is 0 Å². The van der Waals surface area contributed by atoms with Crippen molar-refractivity contribution in [3.8, 4) is 0 Å². The molecule has 0 amide bonds. The number of halogens is 1. The SMILES string of the molecule is CCNC(c1cc(C)ccc1F)C1CCOC1. The first-order valence-corrected chi connectivity index (χ1v) is 6.29. The summed E-state index contributed by atoms with van der Waals surface area (Å²) < 4.78 is 19.3. The molecular formula is C14H20FNO. The molecule has 1 saturated heterocycles. The molecule has 0 aliphatic carbocycles. The number of ether oxygens (including phenoxy) is 1. The molecule has 1 aliphatic rings. The fourth-order valence-electron chi connectivity index (χ4n) is 2.47. The highest BCUT2D eigenvalue weighted by molar-refractivity contribution is 5.27. The molecule has 0 bridgehead atoms. The summed E-state index contributed by atoms with van der Waals surface area (Å²) in [5.41, 5.74) is 1.88. The van der Waals surface area contributed by atoms with Crippen LogP contribution in [0.15, 0.2) is 18.2 Å². The van der Waals surface area contributed by atoms with Crippen LogP contribution in [0.25, 0.3) is 0 Å². The fourth-order valence-corrected chi connectivity index (χ4v) is 2.47. The summed E-state index contributed by atoms with van der Waals surface area (Å²) >= 11 is 0. The largest absolute Gasteiger partial charge is 0.381 e. The molecule has 2 rings (SSSR count). The van der Waals surface area contributed by atoms with Crippen molar-refractivity contribution in [3.63, 3.8) is 0 Å². The van der Waals surface area contributed by atoms with Gasteiger partial charge in [-0.15, -0.1) is 0 Å². The first-order valence-electron chi connectivity index (χ1n) is 6.29. The normalized spacial score (nSPS) is 21.7. The van der Waals surface area contributed by atoms with Gasteiger partial charge < -0.3 is 10.1 Å². The predicted molar refractivity (Wildman–Crippen MR) is 66.5 cm³/mol. The Bertz CT molecular complexity index is 374. The number of nitrogens with one attached hydrogen (secondary N) is 1. The van der Waals surface area contributed by atoms with Gasteiger partial charge in [0.15, 0.2) is 0 Å². The third-order valence-electron chi connectivity index (χ3n) is 3.35. The zero-order valence-electron chi connectivity index (χ0n) is 10.5. The van der Waals surface area contributed by atoms with Crippen molar-refractivity contribution in [1.29, 1.82) is 0 Å². The van der Waals surface area contributed by atoms with Gasteiger partial charge >= 0.3 is 0 Å². The topological polar surface area (TPSA) is 21.3 Å². The Balaban J connectivity index is 2.27. The highest BCUT2D eigenvalue weighted by Gasteiger charge is 2.28. The van der Waals surface area contributed by atoms with Crippen LogP contribution in [0, 0.1) is 18.7 Å². The second kappa shape index (κ2) is 5.61. The third kappa shape index (κ3) is 2.85. The van der Waals surface area contributed by atoms with Gasteiger partial charge in [-0.1, -0.05) is 24.6 Å². The average Bonchev–Trinajstić information content (AvgIpc) is 2.83. The quantitative estimate of drug-likeness (QED) is 0.869. The molecule has 0 spiro atoms. The van der Waals surface area contributed by atoms with E-state index in [0.29, 0.717) is 5.92 Å². The van der Waals surface area contributed by atoms with Crippen LogP contribution < -0.4 is 5.32 Å². The van der Waals surface area contributed by atoms with E-state index in [9.17, 15) is 4.39 Å². The van der Waals surface area contributed by atoms with Crippen LogP contribution in [0.4, 0.5) is 4.39 Å². The van der Waals surface area contributed by atoms with Gasteiger partial charge in [-0.25, -0.2) is 4.39 Å². The lowest BCUT2D eigenvalue weighted by molar-refractivity contribution is 0.176. The minimum absolute atomic E-state index is 0.0717. The van der Waals surface area contributed by atoms with Crippen LogP contribution in [0.2, 0.25) is 0 Å². The average molecular weight is 237 g/mol. The Kier molecular flexibility index (Phi) is 4.13. The molecule has 1 N–H and O–H groups in total. The maximum Gasteiger partial charge on any atom is 0.128 e. The zero-order valence-corrected chi connectivity index (χ0v) is 10.5. The van der Waals surface area contributed by atoms with E-state index in [2.05, 4.69) is 12.2 Å². The molecule has 3 heteroatoms. The minimum atomic E-state index is -0.117. The molecule has 94 valence electrons. The Morgan fingerprint density at radius 1 is 1.53 bits per heavy atom. The van der Waals surface area contributed by atoms with Crippen LogP contribution in [0.5, 0.6) is 0 Å². The minimum Gasteiger partial charge on any atom is -0.381 e. The molecule has 0 radical (unpaired) electrons. The molecule has 2 atom stereocenters. The third-order valence-corrected chi connectivity index (χ3v) is 3.35. The summed E-state index contributed by atoms with van der Waals surface area (Å²) in [4.78, 5) is 0. The molecule has 0 aromatic heterocycles. The van der Waals surface area contributed by atoms with Gasteiger partial charge in [0.05, 0.1) is 6.61 Å². The fraction of sp³-hybridized carbons (Fsp3) is 0.571. The summed E-state index contributed by atoms with van der Waals surface area (Å²) in [5.74, 6) is 0.264. The molecule has 2 unspecified atom stereocenters. The Labute approximate surface area is 102 Å². The lowest BCUT2D eigenvalue weighted by Gasteiger charge is -2.24. The van der Waals surface area contributed by atoms with E-state index in [1.165, 1.54) is 0 Å². The molecule has 1 aliphatic heterocycles. The van der Waals surface area contributed by atoms with Gasteiger partial charge in [0.1, 0.15) is 5.82 Å². The summed E-state index contributed by atoms with van der Waals surface area (Å²) in [5, 5.41) is 3.39. The van der Waals surface area contributed by atoms with Crippen LogP contribution in [-0.4, -0.2) is 19.8 Å². The second-order valence-corrected chi connectivity index (χ2v) is 4.68. The lowest BCUT2D eigenvalue weighted by atomic mass is 9.91. The lowest BCUT2D eigenvalue weighted by Crippen LogP contribution is -2.29.